The summed E-state index contributed by atoms with van der Waals surface area (Å²) >= 11 is 1.58. The van der Waals surface area contributed by atoms with E-state index < -0.39 is 5.97 Å². The van der Waals surface area contributed by atoms with Gasteiger partial charge in [0.2, 0.25) is 0 Å². The second-order valence-electron chi connectivity index (χ2n) is 3.38. The van der Waals surface area contributed by atoms with Crippen molar-refractivity contribution in [2.75, 3.05) is 12.9 Å². The van der Waals surface area contributed by atoms with Crippen molar-refractivity contribution in [1.29, 1.82) is 10.8 Å². The Morgan fingerprint density at radius 1 is 1.37 bits per heavy atom. The van der Waals surface area contributed by atoms with E-state index in [0.717, 1.165) is 5.56 Å². The lowest BCUT2D eigenvalue weighted by atomic mass is 10.1. The van der Waals surface area contributed by atoms with Crippen molar-refractivity contribution in [3.8, 4) is 0 Å². The second-order valence-corrected chi connectivity index (χ2v) is 4.49. The molecule has 0 unspecified atom stereocenters. The average molecular weight is 282 g/mol. The summed E-state index contributed by atoms with van der Waals surface area (Å²) < 4.78 is 4.52. The fourth-order valence-corrected chi connectivity index (χ4v) is 2.11. The van der Waals surface area contributed by atoms with Crippen LogP contribution in [0, 0.1) is 10.8 Å². The van der Waals surface area contributed by atoms with Gasteiger partial charge in [0, 0.05) is 22.3 Å². The quantitative estimate of drug-likeness (QED) is 0.483. The van der Waals surface area contributed by atoms with E-state index in [2.05, 4.69) is 4.74 Å². The van der Waals surface area contributed by atoms with Crippen LogP contribution in [0.3, 0.4) is 0 Å². The van der Waals surface area contributed by atoms with Gasteiger partial charge in [0.1, 0.15) is 0 Å². The average Bonchev–Trinajstić information content (AvgIpc) is 2.45. The monoisotopic (exact) mass is 282 g/mol. The lowest BCUT2D eigenvalue weighted by Gasteiger charge is -2.02. The molecular weight excluding hydrogens is 268 g/mol. The van der Waals surface area contributed by atoms with Crippen molar-refractivity contribution >= 4 is 23.7 Å². The standard InChI is InChI=1S/C12H14O4S.N2/c1-16-11(13)5-6-17-8-9-3-2-4-10(7-9)12(14)15;1-2/h2-4,7H,5-6,8H2,1H3,(H,14,15);. The number of hydrogen-bond donors (Lipinski definition) is 1. The lowest BCUT2D eigenvalue weighted by molar-refractivity contribution is -0.140. The molecule has 0 saturated carbocycles. The Hall–Kier alpha value is -2.07. The van der Waals surface area contributed by atoms with Crippen LogP contribution in [0.5, 0.6) is 0 Å². The van der Waals surface area contributed by atoms with Gasteiger partial charge in [-0.15, -0.1) is 0 Å². The summed E-state index contributed by atoms with van der Waals surface area (Å²) in [6, 6.07) is 6.80. The number of ether oxygens (including phenoxy) is 1. The Morgan fingerprint density at radius 2 is 2.05 bits per heavy atom. The molecule has 0 spiro atoms. The summed E-state index contributed by atoms with van der Waals surface area (Å²) in [6.07, 6.45) is 0.375. The van der Waals surface area contributed by atoms with Crippen molar-refractivity contribution < 1.29 is 19.4 Å². The number of carboxylic acid groups (broad SMARTS) is 1. The normalized spacial score (nSPS) is 9.00. The number of carboxylic acids is 1. The van der Waals surface area contributed by atoms with E-state index in [4.69, 9.17) is 15.9 Å². The molecule has 0 aromatic heterocycles. The minimum absolute atomic E-state index is 0.225. The summed E-state index contributed by atoms with van der Waals surface area (Å²) in [7, 11) is 1.36. The number of esters is 1. The maximum atomic E-state index is 10.9. The second kappa shape index (κ2) is 9.91. The zero-order valence-corrected chi connectivity index (χ0v) is 11.2. The van der Waals surface area contributed by atoms with Crippen molar-refractivity contribution in [2.24, 2.45) is 0 Å². The molecule has 0 aliphatic heterocycles. The van der Waals surface area contributed by atoms with Gasteiger partial charge < -0.3 is 9.84 Å². The van der Waals surface area contributed by atoms with Gasteiger partial charge >= 0.3 is 11.9 Å². The van der Waals surface area contributed by atoms with Crippen LogP contribution in [-0.4, -0.2) is 29.9 Å². The molecule has 7 heteroatoms. The molecule has 102 valence electrons. The molecule has 0 aliphatic rings. The number of thioether (sulfide) groups is 1. The Labute approximate surface area is 115 Å². The predicted octanol–water partition coefficient (Wildman–Crippen LogP) is 2.21. The largest absolute Gasteiger partial charge is 0.478 e. The fourth-order valence-electron chi connectivity index (χ4n) is 1.24. The summed E-state index contributed by atoms with van der Waals surface area (Å²) in [4.78, 5) is 21.6. The van der Waals surface area contributed by atoms with E-state index in [1.165, 1.54) is 7.11 Å². The number of carbonyl (C=O) groups excluding carboxylic acids is 1. The van der Waals surface area contributed by atoms with Gasteiger partial charge in [0.15, 0.2) is 0 Å². The molecule has 1 aromatic rings. The van der Waals surface area contributed by atoms with Crippen LogP contribution >= 0.6 is 11.8 Å². The van der Waals surface area contributed by atoms with Crippen LogP contribution in [0.1, 0.15) is 22.3 Å². The molecule has 0 atom stereocenters. The van der Waals surface area contributed by atoms with E-state index in [0.29, 0.717) is 17.9 Å². The van der Waals surface area contributed by atoms with Crippen LogP contribution < -0.4 is 0 Å². The van der Waals surface area contributed by atoms with Gasteiger partial charge in [0.05, 0.1) is 19.1 Å². The molecular formula is C12H14N2O4S. The van der Waals surface area contributed by atoms with Crippen LogP contribution in [0.15, 0.2) is 24.3 Å². The summed E-state index contributed by atoms with van der Waals surface area (Å²) in [5.41, 5.74) is 1.23. The first kappa shape index (κ1) is 16.9. The number of benzene rings is 1. The Bertz CT molecular complexity index is 448. The van der Waals surface area contributed by atoms with Gasteiger partial charge in [-0.05, 0) is 17.7 Å². The van der Waals surface area contributed by atoms with Gasteiger partial charge in [-0.25, -0.2) is 4.79 Å². The van der Waals surface area contributed by atoms with Crippen molar-refractivity contribution in [3.05, 3.63) is 35.4 Å². The van der Waals surface area contributed by atoms with E-state index in [1.54, 1.807) is 30.0 Å². The first-order valence-electron chi connectivity index (χ1n) is 5.30. The number of hydrogen-bond acceptors (Lipinski definition) is 6. The highest BCUT2D eigenvalue weighted by molar-refractivity contribution is 7.98. The van der Waals surface area contributed by atoms with Crippen LogP contribution in [0.2, 0.25) is 0 Å². The number of carbonyl (C=O) groups is 2. The number of nitrogens with zero attached hydrogens (tertiary/aromatic N) is 2. The fraction of sp³-hybridized carbons (Fsp3) is 0.333. The third kappa shape index (κ3) is 7.06. The Balaban J connectivity index is 0.00000154. The molecule has 19 heavy (non-hydrogen) atoms. The first-order chi connectivity index (χ1) is 9.13. The third-order valence-electron chi connectivity index (χ3n) is 2.12. The highest BCUT2D eigenvalue weighted by Crippen LogP contribution is 2.14. The molecule has 1 N–H and O–H groups in total. The molecule has 0 bridgehead atoms. The lowest BCUT2D eigenvalue weighted by Crippen LogP contribution is -2.01. The highest BCUT2D eigenvalue weighted by atomic mass is 32.2. The number of aromatic carboxylic acids is 1. The summed E-state index contributed by atoms with van der Waals surface area (Å²) in [6.45, 7) is 0. The van der Waals surface area contributed by atoms with Crippen LogP contribution in [-0.2, 0) is 15.3 Å². The van der Waals surface area contributed by atoms with E-state index in [1.807, 2.05) is 6.07 Å². The van der Waals surface area contributed by atoms with Crippen LogP contribution in [0.25, 0.3) is 0 Å². The predicted molar refractivity (Wildman–Crippen MR) is 69.6 cm³/mol. The first-order valence-corrected chi connectivity index (χ1v) is 6.45. The number of methoxy groups -OCH3 is 1. The molecule has 0 saturated heterocycles. The highest BCUT2D eigenvalue weighted by Gasteiger charge is 2.04. The van der Waals surface area contributed by atoms with Gasteiger partial charge in [-0.3, -0.25) is 4.79 Å². The molecule has 0 amide bonds. The molecule has 0 radical (unpaired) electrons. The van der Waals surface area contributed by atoms with E-state index >= 15 is 0 Å². The molecule has 6 nitrogen and oxygen atoms in total. The topological polar surface area (TPSA) is 111 Å². The zero-order chi connectivity index (χ0) is 14.7. The summed E-state index contributed by atoms with van der Waals surface area (Å²) in [5.74, 6) is 0.213. The third-order valence-corrected chi connectivity index (χ3v) is 3.15. The molecule has 0 heterocycles. The molecule has 0 aliphatic carbocycles. The van der Waals surface area contributed by atoms with E-state index in [-0.39, 0.29) is 11.5 Å². The SMILES string of the molecule is COC(=O)CCSCc1cccc(C(=O)O)c1.N#N. The zero-order valence-electron chi connectivity index (χ0n) is 10.4. The minimum atomic E-state index is -0.925. The maximum Gasteiger partial charge on any atom is 0.335 e. The molecule has 1 aromatic carbocycles. The van der Waals surface area contributed by atoms with Gasteiger partial charge in [-0.1, -0.05) is 12.1 Å². The number of rotatable bonds is 6. The Kier molecular flexibility index (Phi) is 8.83. The smallest absolute Gasteiger partial charge is 0.335 e. The van der Waals surface area contributed by atoms with Gasteiger partial charge in [0.25, 0.3) is 0 Å². The van der Waals surface area contributed by atoms with Crippen LogP contribution in [0.4, 0.5) is 0 Å². The van der Waals surface area contributed by atoms with Gasteiger partial charge in [-0.2, -0.15) is 11.8 Å². The van der Waals surface area contributed by atoms with Crippen molar-refractivity contribution in [1.82, 2.24) is 0 Å². The molecule has 1 rings (SSSR count). The molecule has 0 fully saturated rings. The minimum Gasteiger partial charge on any atom is -0.478 e. The van der Waals surface area contributed by atoms with Crippen molar-refractivity contribution in [2.45, 2.75) is 12.2 Å². The summed E-state index contributed by atoms with van der Waals surface area (Å²) in [5, 5.41) is 20.8. The van der Waals surface area contributed by atoms with E-state index in [9.17, 15) is 9.59 Å². The van der Waals surface area contributed by atoms with Crippen molar-refractivity contribution in [3.63, 3.8) is 0 Å². The maximum absolute atomic E-state index is 10.9. The Morgan fingerprint density at radius 3 is 2.63 bits per heavy atom.